The molecule has 0 radical (unpaired) electrons. The molecule has 0 fully saturated rings. The smallest absolute Gasteiger partial charge is 0.0704 e. The monoisotopic (exact) mass is 134 g/mol. The normalized spacial score (nSPS) is 13.3. The molecule has 0 nitrogen and oxygen atoms in total. The number of allylic oxidation sites excluding steroid dienone is 3. The lowest BCUT2D eigenvalue weighted by Crippen LogP contribution is -1.47. The third kappa shape index (κ3) is 6.12. The number of thiol groups is 1. The van der Waals surface area contributed by atoms with Crippen molar-refractivity contribution in [1.82, 2.24) is 0 Å². The molecule has 0 atom stereocenters. The van der Waals surface area contributed by atoms with Crippen LogP contribution in [-0.4, -0.2) is 0 Å². The molecule has 0 spiro atoms. The molecule has 0 heterocycles. The van der Waals surface area contributed by atoms with Crippen LogP contribution in [0, 0.1) is 0 Å². The fraction of sp³-hybridized carbons (Fsp3) is 0.200. The summed E-state index contributed by atoms with van der Waals surface area (Å²) in [5.74, 6) is 0. The first kappa shape index (κ1) is 7.12. The highest BCUT2D eigenvalue weighted by atomic mass is 35.5. The predicted molar refractivity (Wildman–Crippen MR) is 37.7 cm³/mol. The van der Waals surface area contributed by atoms with Crippen LogP contribution in [0.25, 0.3) is 0 Å². The molecule has 0 aliphatic carbocycles. The van der Waals surface area contributed by atoms with Crippen molar-refractivity contribution >= 4 is 24.2 Å². The lowest BCUT2D eigenvalue weighted by Gasteiger charge is -1.73. The van der Waals surface area contributed by atoms with Crippen molar-refractivity contribution in [2.75, 3.05) is 0 Å². The molecule has 0 aromatic carbocycles. The Bertz CT molecular complexity index is 90.3. The second-order valence-electron chi connectivity index (χ2n) is 1.02. The van der Waals surface area contributed by atoms with E-state index in [0.29, 0.717) is 4.36 Å². The molecule has 0 aliphatic heterocycles. The summed E-state index contributed by atoms with van der Waals surface area (Å²) in [7, 11) is 0. The Morgan fingerprint density at radius 2 is 2.29 bits per heavy atom. The fourth-order valence-corrected chi connectivity index (χ4v) is 0.334. The SMILES string of the molecule is C/C=C\C=C(/S)Cl. The highest BCUT2D eigenvalue weighted by Crippen LogP contribution is 2.04. The zero-order valence-corrected chi connectivity index (χ0v) is 5.71. The largest absolute Gasteiger partial charge is 0.131 e. The van der Waals surface area contributed by atoms with Crippen LogP contribution in [0.4, 0.5) is 0 Å². The quantitative estimate of drug-likeness (QED) is 0.414. The minimum atomic E-state index is 0.512. The van der Waals surface area contributed by atoms with Gasteiger partial charge in [-0.2, -0.15) is 0 Å². The summed E-state index contributed by atoms with van der Waals surface area (Å²) in [5, 5.41) is 0. The topological polar surface area (TPSA) is 0 Å². The molecular formula is C5H7ClS. The Hall–Kier alpha value is 0.120. The van der Waals surface area contributed by atoms with E-state index in [9.17, 15) is 0 Å². The molecule has 2 heteroatoms. The predicted octanol–water partition coefficient (Wildman–Crippen LogP) is 2.57. The molecule has 7 heavy (non-hydrogen) atoms. The standard InChI is InChI=1S/C5H7ClS/c1-2-3-4-5(6)7/h2-4,7H,1H3/b3-2-,5-4-. The van der Waals surface area contributed by atoms with Crippen molar-refractivity contribution in [3.8, 4) is 0 Å². The molecule has 0 saturated carbocycles. The van der Waals surface area contributed by atoms with E-state index < -0.39 is 0 Å². The van der Waals surface area contributed by atoms with Gasteiger partial charge in [-0.1, -0.05) is 23.8 Å². The van der Waals surface area contributed by atoms with E-state index in [0.717, 1.165) is 0 Å². The Labute approximate surface area is 54.3 Å². The molecule has 0 aromatic heterocycles. The minimum Gasteiger partial charge on any atom is -0.131 e. The van der Waals surface area contributed by atoms with Crippen LogP contribution < -0.4 is 0 Å². The van der Waals surface area contributed by atoms with Crippen LogP contribution in [0.1, 0.15) is 6.92 Å². The molecule has 40 valence electrons. The summed E-state index contributed by atoms with van der Waals surface area (Å²) in [6.07, 6.45) is 5.43. The van der Waals surface area contributed by atoms with Gasteiger partial charge in [0, 0.05) is 0 Å². The van der Waals surface area contributed by atoms with Crippen molar-refractivity contribution in [2.24, 2.45) is 0 Å². The average Bonchev–Trinajstić information content (AvgIpc) is 1.61. The lowest BCUT2D eigenvalue weighted by molar-refractivity contribution is 1.74. The third-order valence-corrected chi connectivity index (χ3v) is 0.701. The first-order valence-electron chi connectivity index (χ1n) is 1.95. The van der Waals surface area contributed by atoms with Crippen LogP contribution in [0.3, 0.4) is 0 Å². The van der Waals surface area contributed by atoms with Crippen LogP contribution >= 0.6 is 24.2 Å². The lowest BCUT2D eigenvalue weighted by atomic mass is 10.5. The van der Waals surface area contributed by atoms with Gasteiger partial charge >= 0.3 is 0 Å². The van der Waals surface area contributed by atoms with E-state index in [2.05, 4.69) is 12.6 Å². The molecule has 0 aromatic rings. The van der Waals surface area contributed by atoms with Crippen molar-refractivity contribution in [3.63, 3.8) is 0 Å². The first-order valence-corrected chi connectivity index (χ1v) is 2.77. The van der Waals surface area contributed by atoms with Crippen LogP contribution in [0.2, 0.25) is 0 Å². The minimum absolute atomic E-state index is 0.512. The van der Waals surface area contributed by atoms with Gasteiger partial charge < -0.3 is 0 Å². The molecular weight excluding hydrogens is 128 g/mol. The summed E-state index contributed by atoms with van der Waals surface area (Å²) in [4.78, 5) is 0. The summed E-state index contributed by atoms with van der Waals surface area (Å²) in [5.41, 5.74) is 0. The van der Waals surface area contributed by atoms with Gasteiger partial charge in [-0.15, -0.1) is 12.6 Å². The number of halogens is 1. The summed E-state index contributed by atoms with van der Waals surface area (Å²) >= 11 is 9.14. The third-order valence-electron chi connectivity index (χ3n) is 0.426. The molecule has 0 unspecified atom stereocenters. The van der Waals surface area contributed by atoms with Crippen molar-refractivity contribution < 1.29 is 0 Å². The van der Waals surface area contributed by atoms with Gasteiger partial charge in [0.05, 0.1) is 4.36 Å². The fourth-order valence-electron chi connectivity index (χ4n) is 0.176. The maximum atomic E-state index is 5.33. The van der Waals surface area contributed by atoms with Gasteiger partial charge in [0.25, 0.3) is 0 Å². The number of hydrogen-bond donors (Lipinski definition) is 1. The van der Waals surface area contributed by atoms with Gasteiger partial charge in [-0.25, -0.2) is 0 Å². The van der Waals surface area contributed by atoms with E-state index in [-0.39, 0.29) is 0 Å². The maximum Gasteiger partial charge on any atom is 0.0704 e. The van der Waals surface area contributed by atoms with Crippen LogP contribution in [0.15, 0.2) is 22.6 Å². The molecule has 0 N–H and O–H groups in total. The second kappa shape index (κ2) is 4.28. The first-order chi connectivity index (χ1) is 3.27. The van der Waals surface area contributed by atoms with E-state index in [1.54, 1.807) is 6.08 Å². The van der Waals surface area contributed by atoms with Crippen molar-refractivity contribution in [2.45, 2.75) is 6.92 Å². The van der Waals surface area contributed by atoms with E-state index in [1.807, 2.05) is 19.1 Å². The van der Waals surface area contributed by atoms with E-state index in [1.165, 1.54) is 0 Å². The Kier molecular flexibility index (Phi) is 4.36. The molecule has 0 bridgehead atoms. The zero-order valence-electron chi connectivity index (χ0n) is 4.06. The Morgan fingerprint density at radius 3 is 2.43 bits per heavy atom. The van der Waals surface area contributed by atoms with Gasteiger partial charge in [-0.3, -0.25) is 0 Å². The number of rotatable bonds is 1. The number of hydrogen-bond acceptors (Lipinski definition) is 1. The van der Waals surface area contributed by atoms with Gasteiger partial charge in [0.2, 0.25) is 0 Å². The highest BCUT2D eigenvalue weighted by molar-refractivity contribution is 7.86. The summed E-state index contributed by atoms with van der Waals surface area (Å²) < 4.78 is 0.512. The summed E-state index contributed by atoms with van der Waals surface area (Å²) in [6, 6.07) is 0. The second-order valence-corrected chi connectivity index (χ2v) is 2.17. The summed E-state index contributed by atoms with van der Waals surface area (Å²) in [6.45, 7) is 1.92. The Morgan fingerprint density at radius 1 is 1.71 bits per heavy atom. The zero-order chi connectivity index (χ0) is 5.70. The Balaban J connectivity index is 3.46. The maximum absolute atomic E-state index is 5.33. The van der Waals surface area contributed by atoms with Crippen molar-refractivity contribution in [1.29, 1.82) is 0 Å². The van der Waals surface area contributed by atoms with Crippen LogP contribution in [-0.2, 0) is 0 Å². The van der Waals surface area contributed by atoms with Gasteiger partial charge in [-0.05, 0) is 13.0 Å². The van der Waals surface area contributed by atoms with E-state index in [4.69, 9.17) is 11.6 Å². The van der Waals surface area contributed by atoms with E-state index >= 15 is 0 Å². The van der Waals surface area contributed by atoms with Crippen LogP contribution in [0.5, 0.6) is 0 Å². The molecule has 0 rings (SSSR count). The molecule has 0 saturated heterocycles. The van der Waals surface area contributed by atoms with Gasteiger partial charge in [0.15, 0.2) is 0 Å². The molecule has 0 amide bonds. The van der Waals surface area contributed by atoms with Crippen molar-refractivity contribution in [3.05, 3.63) is 22.6 Å². The highest BCUT2D eigenvalue weighted by Gasteiger charge is 1.69. The van der Waals surface area contributed by atoms with Gasteiger partial charge in [0.1, 0.15) is 0 Å². The average molecular weight is 135 g/mol. The molecule has 0 aliphatic rings.